The van der Waals surface area contributed by atoms with E-state index >= 15 is 0 Å². The van der Waals surface area contributed by atoms with E-state index in [0.717, 1.165) is 0 Å². The van der Waals surface area contributed by atoms with E-state index in [0.29, 0.717) is 5.95 Å². The van der Waals surface area contributed by atoms with Crippen LogP contribution >= 0.6 is 0 Å². The van der Waals surface area contributed by atoms with Crippen LogP contribution in [0.5, 0.6) is 0 Å². The molecule has 12 heavy (non-hydrogen) atoms. The fourth-order valence-electron chi connectivity index (χ4n) is 0.689. The van der Waals surface area contributed by atoms with E-state index in [1.165, 1.54) is 17.3 Å². The summed E-state index contributed by atoms with van der Waals surface area (Å²) in [5, 5.41) is 15.6. The smallest absolute Gasteiger partial charge is 0.323 e. The maximum absolute atomic E-state index is 10.3. The van der Waals surface area contributed by atoms with Crippen LogP contribution < -0.4 is 4.90 Å². The maximum Gasteiger partial charge on any atom is 0.323 e. The molecule has 0 aliphatic heterocycles. The summed E-state index contributed by atoms with van der Waals surface area (Å²) in [6, 6.07) is 0. The maximum atomic E-state index is 10.3. The second-order valence-electron chi connectivity index (χ2n) is 2.19. The van der Waals surface area contributed by atoms with Crippen molar-refractivity contribution < 1.29 is 9.90 Å². The lowest BCUT2D eigenvalue weighted by Crippen LogP contribution is -2.26. The number of likely N-dealkylation sites (N-methyl/N-ethyl adjacent to an activating group) is 1. The molecule has 1 rings (SSSR count). The van der Waals surface area contributed by atoms with Crippen LogP contribution in [0.15, 0.2) is 12.4 Å². The van der Waals surface area contributed by atoms with Crippen molar-refractivity contribution in [1.29, 1.82) is 0 Å². The number of nitrogens with zero attached hydrogens (tertiary/aromatic N) is 4. The van der Waals surface area contributed by atoms with Gasteiger partial charge in [0, 0.05) is 7.05 Å². The minimum absolute atomic E-state index is 0.133. The van der Waals surface area contributed by atoms with Gasteiger partial charge >= 0.3 is 5.97 Å². The summed E-state index contributed by atoms with van der Waals surface area (Å²) in [7, 11) is 1.59. The van der Waals surface area contributed by atoms with Gasteiger partial charge in [0.25, 0.3) is 0 Å². The summed E-state index contributed by atoms with van der Waals surface area (Å²) >= 11 is 0. The lowest BCUT2D eigenvalue weighted by Gasteiger charge is -2.11. The fraction of sp³-hybridized carbons (Fsp3) is 0.333. The largest absolute Gasteiger partial charge is 0.480 e. The number of carboxylic acid groups (broad SMARTS) is 1. The van der Waals surface area contributed by atoms with E-state index in [1.807, 2.05) is 0 Å². The Morgan fingerprint density at radius 3 is 2.92 bits per heavy atom. The van der Waals surface area contributed by atoms with Gasteiger partial charge in [-0.3, -0.25) is 4.79 Å². The first kappa shape index (κ1) is 8.38. The van der Waals surface area contributed by atoms with Gasteiger partial charge in [0.05, 0.1) is 12.4 Å². The van der Waals surface area contributed by atoms with Crippen molar-refractivity contribution in [3.05, 3.63) is 12.4 Å². The van der Waals surface area contributed by atoms with Crippen molar-refractivity contribution in [1.82, 2.24) is 15.2 Å². The molecule has 0 aliphatic carbocycles. The summed E-state index contributed by atoms with van der Waals surface area (Å²) in [5.74, 6) is -0.621. The van der Waals surface area contributed by atoms with Gasteiger partial charge in [-0.25, -0.2) is 4.98 Å². The molecule has 1 aromatic heterocycles. The molecule has 0 spiro atoms. The summed E-state index contributed by atoms with van der Waals surface area (Å²) in [6.07, 6.45) is 2.89. The highest BCUT2D eigenvalue weighted by Crippen LogP contribution is 1.98. The molecule has 0 fully saturated rings. The van der Waals surface area contributed by atoms with Crippen molar-refractivity contribution in [2.75, 3.05) is 18.5 Å². The minimum Gasteiger partial charge on any atom is -0.480 e. The predicted molar refractivity (Wildman–Crippen MR) is 40.7 cm³/mol. The molecular weight excluding hydrogens is 160 g/mol. The quantitative estimate of drug-likeness (QED) is 0.648. The van der Waals surface area contributed by atoms with Crippen molar-refractivity contribution >= 4 is 11.9 Å². The third-order valence-corrected chi connectivity index (χ3v) is 1.18. The van der Waals surface area contributed by atoms with Crippen LogP contribution in [0, 0.1) is 0 Å². The number of carbonyl (C=O) groups is 1. The zero-order valence-electron chi connectivity index (χ0n) is 6.51. The van der Waals surface area contributed by atoms with Crippen molar-refractivity contribution in [2.24, 2.45) is 0 Å². The molecule has 0 unspecified atom stereocenters. The van der Waals surface area contributed by atoms with Gasteiger partial charge in [0.2, 0.25) is 5.95 Å². The molecule has 1 N–H and O–H groups in total. The molecule has 0 saturated heterocycles. The van der Waals surface area contributed by atoms with Gasteiger partial charge in [-0.2, -0.15) is 5.10 Å². The molecule has 6 heteroatoms. The Bertz CT molecular complexity index is 264. The summed E-state index contributed by atoms with van der Waals surface area (Å²) < 4.78 is 0. The molecule has 0 atom stereocenters. The molecule has 6 nitrogen and oxygen atoms in total. The molecule has 1 aromatic rings. The highest BCUT2D eigenvalue weighted by atomic mass is 16.4. The summed E-state index contributed by atoms with van der Waals surface area (Å²) in [6.45, 7) is -0.133. The Balaban J connectivity index is 2.65. The molecule has 0 aliphatic rings. The Kier molecular flexibility index (Phi) is 2.52. The molecular formula is C6H8N4O2. The van der Waals surface area contributed by atoms with Crippen molar-refractivity contribution in [3.8, 4) is 0 Å². The number of aromatic nitrogens is 3. The van der Waals surface area contributed by atoms with E-state index in [-0.39, 0.29) is 6.54 Å². The van der Waals surface area contributed by atoms with Crippen LogP contribution in [0.25, 0.3) is 0 Å². The Labute approximate surface area is 68.9 Å². The standard InChI is InChI=1S/C6H8N4O2/c1-10(4-5(11)12)6-7-2-3-8-9-6/h2-3H,4H2,1H3,(H,11,12). The van der Waals surface area contributed by atoms with Crippen molar-refractivity contribution in [3.63, 3.8) is 0 Å². The van der Waals surface area contributed by atoms with Crippen LogP contribution in [0.4, 0.5) is 5.95 Å². The van der Waals surface area contributed by atoms with E-state index in [9.17, 15) is 4.79 Å². The number of rotatable bonds is 3. The van der Waals surface area contributed by atoms with Crippen LogP contribution in [0.2, 0.25) is 0 Å². The first-order chi connectivity index (χ1) is 5.70. The third kappa shape index (κ3) is 2.15. The topological polar surface area (TPSA) is 79.2 Å². The van der Waals surface area contributed by atoms with Gasteiger partial charge in [0.15, 0.2) is 0 Å². The first-order valence-corrected chi connectivity index (χ1v) is 3.27. The average Bonchev–Trinajstić information content (AvgIpc) is 2.05. The molecule has 1 heterocycles. The molecule has 0 bridgehead atoms. The van der Waals surface area contributed by atoms with Crippen LogP contribution in [0.3, 0.4) is 0 Å². The van der Waals surface area contributed by atoms with E-state index in [2.05, 4.69) is 15.2 Å². The van der Waals surface area contributed by atoms with Crippen molar-refractivity contribution in [2.45, 2.75) is 0 Å². The predicted octanol–water partition coefficient (Wildman–Crippen LogP) is -0.608. The van der Waals surface area contributed by atoms with Gasteiger partial charge in [-0.1, -0.05) is 0 Å². The van der Waals surface area contributed by atoms with Crippen LogP contribution in [-0.2, 0) is 4.79 Å². The lowest BCUT2D eigenvalue weighted by molar-refractivity contribution is -0.135. The Morgan fingerprint density at radius 2 is 2.42 bits per heavy atom. The third-order valence-electron chi connectivity index (χ3n) is 1.18. The second-order valence-corrected chi connectivity index (χ2v) is 2.19. The first-order valence-electron chi connectivity index (χ1n) is 3.27. The van der Waals surface area contributed by atoms with E-state index < -0.39 is 5.97 Å². The summed E-state index contributed by atoms with van der Waals surface area (Å²) in [5.41, 5.74) is 0. The van der Waals surface area contributed by atoms with Gasteiger partial charge in [-0.05, 0) is 0 Å². The molecule has 0 aromatic carbocycles. The Morgan fingerprint density at radius 1 is 1.67 bits per heavy atom. The summed E-state index contributed by atoms with van der Waals surface area (Å²) in [4.78, 5) is 15.5. The molecule has 0 radical (unpaired) electrons. The average molecular weight is 168 g/mol. The van der Waals surface area contributed by atoms with Crippen LogP contribution in [-0.4, -0.2) is 39.8 Å². The second kappa shape index (κ2) is 3.61. The minimum atomic E-state index is -0.926. The normalized spacial score (nSPS) is 9.42. The number of hydrogen-bond donors (Lipinski definition) is 1. The highest BCUT2D eigenvalue weighted by molar-refractivity contribution is 5.72. The SMILES string of the molecule is CN(CC(=O)O)c1nccnn1. The highest BCUT2D eigenvalue weighted by Gasteiger charge is 2.06. The lowest BCUT2D eigenvalue weighted by atomic mass is 10.6. The number of anilines is 1. The Hall–Kier alpha value is -1.72. The number of carboxylic acids is 1. The number of hydrogen-bond acceptors (Lipinski definition) is 5. The molecule has 0 amide bonds. The van der Waals surface area contributed by atoms with Gasteiger partial charge < -0.3 is 10.0 Å². The zero-order valence-corrected chi connectivity index (χ0v) is 6.51. The van der Waals surface area contributed by atoms with E-state index in [4.69, 9.17) is 5.11 Å². The van der Waals surface area contributed by atoms with E-state index in [1.54, 1.807) is 7.05 Å². The van der Waals surface area contributed by atoms with Gasteiger partial charge in [0.1, 0.15) is 6.54 Å². The monoisotopic (exact) mass is 168 g/mol. The van der Waals surface area contributed by atoms with Gasteiger partial charge in [-0.15, -0.1) is 5.10 Å². The number of aliphatic carboxylic acids is 1. The molecule has 0 saturated carbocycles. The zero-order chi connectivity index (χ0) is 8.97. The van der Waals surface area contributed by atoms with Crippen LogP contribution in [0.1, 0.15) is 0 Å². The molecule has 64 valence electrons. The fourth-order valence-corrected chi connectivity index (χ4v) is 0.689.